The number of allylic oxidation sites excluding steroid dienone is 1. The number of primary sulfonamides is 1. The number of nitrogens with one attached hydrogen (secondary N) is 1. The zero-order valence-corrected chi connectivity index (χ0v) is 18.6. The second kappa shape index (κ2) is 9.65. The monoisotopic (exact) mass is 465 g/mol. The van der Waals surface area contributed by atoms with Gasteiger partial charge in [-0.25, -0.2) is 17.9 Å². The second-order valence-corrected chi connectivity index (χ2v) is 8.56. The summed E-state index contributed by atoms with van der Waals surface area (Å²) in [5.41, 5.74) is 1.72. The van der Waals surface area contributed by atoms with Crippen LogP contribution in [0.15, 0.2) is 77.5 Å². The molecule has 0 aromatic heterocycles. The van der Waals surface area contributed by atoms with Crippen molar-refractivity contribution in [3.05, 3.63) is 83.7 Å². The number of nitrogens with two attached hydrogens (primary N) is 1. The molecule has 0 saturated carbocycles. The number of methoxy groups -OCH3 is 1. The molecule has 0 radical (unpaired) electrons. The molecule has 168 valence electrons. The van der Waals surface area contributed by atoms with Crippen molar-refractivity contribution >= 4 is 27.2 Å². The minimum absolute atomic E-state index is 0.00500. The van der Waals surface area contributed by atoms with Crippen LogP contribution in [0.1, 0.15) is 18.1 Å². The number of amides is 1. The van der Waals surface area contributed by atoms with Crippen molar-refractivity contribution in [3.63, 3.8) is 0 Å². The molecule has 1 amide bonds. The molecule has 3 N–H and O–H groups in total. The predicted octanol–water partition coefficient (Wildman–Crippen LogP) is 4.22. The van der Waals surface area contributed by atoms with Crippen LogP contribution in [0, 0.1) is 11.3 Å². The number of carbonyl (C=O) groups excluding carboxylic acids is 1. The standard InChI is InChI=1S/C24H20FN3O4S/c1-15(20-12-11-19(32-2)13-17(20)14-26)23(25)24(29)28-18-9-7-16(8-10-18)21-5-3-4-6-22(21)33(27,30)31/h3-13H,1-2H3,(H,28,29)(H2,27,30,31)/b23-15+. The minimum Gasteiger partial charge on any atom is -0.497 e. The largest absolute Gasteiger partial charge is 0.497 e. The van der Waals surface area contributed by atoms with Crippen molar-refractivity contribution in [2.45, 2.75) is 11.8 Å². The van der Waals surface area contributed by atoms with Crippen LogP contribution in [-0.2, 0) is 14.8 Å². The highest BCUT2D eigenvalue weighted by molar-refractivity contribution is 7.89. The summed E-state index contributed by atoms with van der Waals surface area (Å²) < 4.78 is 43.5. The summed E-state index contributed by atoms with van der Waals surface area (Å²) >= 11 is 0. The molecule has 0 atom stereocenters. The maximum Gasteiger partial charge on any atom is 0.284 e. The Bertz CT molecular complexity index is 1390. The molecular formula is C24H20FN3O4S. The van der Waals surface area contributed by atoms with Gasteiger partial charge in [0.25, 0.3) is 5.91 Å². The Kier molecular flexibility index (Phi) is 6.92. The summed E-state index contributed by atoms with van der Waals surface area (Å²) in [7, 11) is -2.47. The highest BCUT2D eigenvalue weighted by Gasteiger charge is 2.18. The molecule has 0 heterocycles. The van der Waals surface area contributed by atoms with Gasteiger partial charge in [0.15, 0.2) is 5.83 Å². The van der Waals surface area contributed by atoms with Gasteiger partial charge in [0.2, 0.25) is 10.0 Å². The summed E-state index contributed by atoms with van der Waals surface area (Å²) in [5.74, 6) is -1.58. The molecule has 9 heteroatoms. The fraction of sp³-hybridized carbons (Fsp3) is 0.0833. The Labute approximate surface area is 191 Å². The lowest BCUT2D eigenvalue weighted by atomic mass is 10.00. The first-order chi connectivity index (χ1) is 15.7. The number of nitriles is 1. The van der Waals surface area contributed by atoms with E-state index in [1.54, 1.807) is 36.4 Å². The SMILES string of the molecule is COc1ccc(/C(C)=C(/F)C(=O)Nc2ccc(-c3ccccc3S(N)(=O)=O)cc2)c(C#N)c1. The van der Waals surface area contributed by atoms with E-state index in [1.807, 2.05) is 6.07 Å². The number of hydrogen-bond donors (Lipinski definition) is 2. The van der Waals surface area contributed by atoms with E-state index in [0.29, 0.717) is 22.6 Å². The Morgan fingerprint density at radius 2 is 1.76 bits per heavy atom. The molecule has 0 unspecified atom stereocenters. The molecular weight excluding hydrogens is 445 g/mol. The van der Waals surface area contributed by atoms with Crippen LogP contribution in [0.3, 0.4) is 0 Å². The van der Waals surface area contributed by atoms with E-state index in [1.165, 1.54) is 44.4 Å². The molecule has 3 rings (SSSR count). The highest BCUT2D eigenvalue weighted by atomic mass is 32.2. The molecule has 0 bridgehead atoms. The Balaban J connectivity index is 1.85. The average Bonchev–Trinajstić information content (AvgIpc) is 2.82. The summed E-state index contributed by atoms with van der Waals surface area (Å²) in [6.45, 7) is 1.41. The van der Waals surface area contributed by atoms with Gasteiger partial charge in [-0.15, -0.1) is 0 Å². The fourth-order valence-corrected chi connectivity index (χ4v) is 3.99. The number of anilines is 1. The first-order valence-electron chi connectivity index (χ1n) is 9.64. The number of nitrogens with zero attached hydrogens (tertiary/aromatic N) is 1. The van der Waals surface area contributed by atoms with Gasteiger partial charge in [-0.05, 0) is 60.0 Å². The normalized spacial score (nSPS) is 11.8. The fourth-order valence-electron chi connectivity index (χ4n) is 3.23. The van der Waals surface area contributed by atoms with Gasteiger partial charge in [-0.3, -0.25) is 4.79 Å². The van der Waals surface area contributed by atoms with Crippen molar-refractivity contribution < 1.29 is 22.3 Å². The molecule has 33 heavy (non-hydrogen) atoms. The lowest BCUT2D eigenvalue weighted by molar-refractivity contribution is -0.114. The Hall–Kier alpha value is -4.00. The number of halogens is 1. The van der Waals surface area contributed by atoms with Crippen LogP contribution in [0.2, 0.25) is 0 Å². The van der Waals surface area contributed by atoms with Crippen LogP contribution in [0.5, 0.6) is 5.75 Å². The van der Waals surface area contributed by atoms with Crippen LogP contribution in [-0.4, -0.2) is 21.4 Å². The highest BCUT2D eigenvalue weighted by Crippen LogP contribution is 2.29. The summed E-state index contributed by atoms with van der Waals surface area (Å²) in [5, 5.41) is 17.1. The minimum atomic E-state index is -3.92. The van der Waals surface area contributed by atoms with Crippen molar-refractivity contribution in [1.82, 2.24) is 0 Å². The summed E-state index contributed by atoms with van der Waals surface area (Å²) in [6.07, 6.45) is 0. The molecule has 3 aromatic rings. The van der Waals surface area contributed by atoms with Gasteiger partial charge in [0.1, 0.15) is 5.75 Å². The van der Waals surface area contributed by atoms with Gasteiger partial charge in [-0.1, -0.05) is 30.3 Å². The van der Waals surface area contributed by atoms with E-state index >= 15 is 0 Å². The topological polar surface area (TPSA) is 122 Å². The van der Waals surface area contributed by atoms with Gasteiger partial charge in [0.05, 0.1) is 23.6 Å². The molecule has 0 aliphatic carbocycles. The van der Waals surface area contributed by atoms with E-state index in [9.17, 15) is 22.9 Å². The van der Waals surface area contributed by atoms with Crippen LogP contribution in [0.25, 0.3) is 16.7 Å². The van der Waals surface area contributed by atoms with E-state index in [-0.39, 0.29) is 21.6 Å². The number of ether oxygens (including phenoxy) is 1. The van der Waals surface area contributed by atoms with E-state index < -0.39 is 21.8 Å². The first kappa shape index (κ1) is 23.7. The third kappa shape index (κ3) is 5.26. The molecule has 7 nitrogen and oxygen atoms in total. The number of benzene rings is 3. The number of sulfonamides is 1. The van der Waals surface area contributed by atoms with E-state index in [0.717, 1.165) is 0 Å². The van der Waals surface area contributed by atoms with Gasteiger partial charge in [0, 0.05) is 11.3 Å². The average molecular weight is 466 g/mol. The molecule has 0 fully saturated rings. The maximum atomic E-state index is 14.8. The maximum absolute atomic E-state index is 14.8. The zero-order valence-electron chi connectivity index (χ0n) is 17.8. The number of carbonyl (C=O) groups is 1. The van der Waals surface area contributed by atoms with Crippen molar-refractivity contribution in [1.29, 1.82) is 5.26 Å². The molecule has 3 aromatic carbocycles. The Morgan fingerprint density at radius 3 is 2.36 bits per heavy atom. The van der Waals surface area contributed by atoms with E-state index in [2.05, 4.69) is 5.32 Å². The van der Waals surface area contributed by atoms with Crippen molar-refractivity contribution in [2.75, 3.05) is 12.4 Å². The van der Waals surface area contributed by atoms with Crippen LogP contribution < -0.4 is 15.2 Å². The Morgan fingerprint density at radius 1 is 1.09 bits per heavy atom. The number of rotatable bonds is 6. The van der Waals surface area contributed by atoms with Crippen LogP contribution in [0.4, 0.5) is 10.1 Å². The van der Waals surface area contributed by atoms with Gasteiger partial charge < -0.3 is 10.1 Å². The quantitative estimate of drug-likeness (QED) is 0.528. The van der Waals surface area contributed by atoms with E-state index in [4.69, 9.17) is 9.88 Å². The third-order valence-electron chi connectivity index (χ3n) is 4.93. The lowest BCUT2D eigenvalue weighted by Gasteiger charge is -2.11. The van der Waals surface area contributed by atoms with Crippen molar-refractivity contribution in [2.24, 2.45) is 5.14 Å². The van der Waals surface area contributed by atoms with Gasteiger partial charge in [-0.2, -0.15) is 5.26 Å². The molecule has 0 saturated heterocycles. The van der Waals surface area contributed by atoms with Crippen molar-refractivity contribution in [3.8, 4) is 22.9 Å². The second-order valence-electron chi connectivity index (χ2n) is 7.03. The molecule has 0 spiro atoms. The third-order valence-corrected chi connectivity index (χ3v) is 5.90. The van der Waals surface area contributed by atoms with Gasteiger partial charge >= 0.3 is 0 Å². The molecule has 0 aliphatic heterocycles. The first-order valence-corrected chi connectivity index (χ1v) is 11.2. The smallest absolute Gasteiger partial charge is 0.284 e. The summed E-state index contributed by atoms with van der Waals surface area (Å²) in [6, 6.07) is 19.0. The summed E-state index contributed by atoms with van der Waals surface area (Å²) in [4.78, 5) is 12.4. The van der Waals surface area contributed by atoms with Crippen LogP contribution >= 0.6 is 0 Å². The molecule has 0 aliphatic rings. The number of hydrogen-bond acceptors (Lipinski definition) is 5. The zero-order chi connectivity index (χ0) is 24.2. The lowest BCUT2D eigenvalue weighted by Crippen LogP contribution is -2.14. The predicted molar refractivity (Wildman–Crippen MR) is 123 cm³/mol.